The summed E-state index contributed by atoms with van der Waals surface area (Å²) in [6.07, 6.45) is 3.56. The molecule has 0 spiro atoms. The van der Waals surface area contributed by atoms with E-state index in [4.69, 9.17) is 0 Å². The smallest absolute Gasteiger partial charge is 0.317 e. The molecule has 0 saturated carbocycles. The molecular weight excluding hydrogens is 338 g/mol. The van der Waals surface area contributed by atoms with E-state index in [0.29, 0.717) is 13.1 Å². The van der Waals surface area contributed by atoms with Gasteiger partial charge in [0.05, 0.1) is 6.04 Å². The van der Waals surface area contributed by atoms with Gasteiger partial charge < -0.3 is 15.5 Å². The van der Waals surface area contributed by atoms with E-state index in [2.05, 4.69) is 50.5 Å². The van der Waals surface area contributed by atoms with Gasteiger partial charge in [-0.3, -0.25) is 4.79 Å². The van der Waals surface area contributed by atoms with Crippen LogP contribution in [0.4, 0.5) is 4.79 Å². The second-order valence-corrected chi connectivity index (χ2v) is 8.57. The first kappa shape index (κ1) is 21.3. The Bertz CT molecular complexity index is 602. The van der Waals surface area contributed by atoms with Gasteiger partial charge in [-0.2, -0.15) is 0 Å². The molecule has 150 valence electrons. The van der Waals surface area contributed by atoms with Crippen LogP contribution in [-0.4, -0.2) is 36.5 Å². The molecule has 27 heavy (non-hydrogen) atoms. The van der Waals surface area contributed by atoms with Crippen molar-refractivity contribution >= 4 is 11.9 Å². The Labute approximate surface area is 163 Å². The van der Waals surface area contributed by atoms with E-state index in [1.807, 2.05) is 23.1 Å². The fourth-order valence-corrected chi connectivity index (χ4v) is 3.54. The molecule has 0 radical (unpaired) electrons. The van der Waals surface area contributed by atoms with Crippen molar-refractivity contribution in [2.24, 2.45) is 11.3 Å². The maximum atomic E-state index is 12.8. The van der Waals surface area contributed by atoms with Crippen molar-refractivity contribution in [3.63, 3.8) is 0 Å². The Morgan fingerprint density at radius 3 is 2.33 bits per heavy atom. The monoisotopic (exact) mass is 373 g/mol. The summed E-state index contributed by atoms with van der Waals surface area (Å²) in [5.74, 6) is 0.166. The number of piperidine rings is 1. The summed E-state index contributed by atoms with van der Waals surface area (Å²) in [5, 5.41) is 6.23. The van der Waals surface area contributed by atoms with Crippen LogP contribution in [0.25, 0.3) is 0 Å². The highest BCUT2D eigenvalue weighted by molar-refractivity contribution is 5.79. The highest BCUT2D eigenvalue weighted by atomic mass is 16.2. The molecule has 5 heteroatoms. The average molecular weight is 374 g/mol. The van der Waals surface area contributed by atoms with Gasteiger partial charge in [0.2, 0.25) is 5.91 Å². The summed E-state index contributed by atoms with van der Waals surface area (Å²) in [5.41, 5.74) is 1.03. The summed E-state index contributed by atoms with van der Waals surface area (Å²) in [4.78, 5) is 26.9. The second-order valence-electron chi connectivity index (χ2n) is 8.57. The molecule has 3 amide bonds. The molecule has 1 saturated heterocycles. The highest BCUT2D eigenvalue weighted by Gasteiger charge is 2.32. The highest BCUT2D eigenvalue weighted by Crippen LogP contribution is 2.33. The van der Waals surface area contributed by atoms with Gasteiger partial charge in [0.15, 0.2) is 0 Å². The van der Waals surface area contributed by atoms with Crippen LogP contribution in [-0.2, 0) is 4.79 Å². The van der Waals surface area contributed by atoms with Crippen molar-refractivity contribution in [1.29, 1.82) is 0 Å². The number of carbonyl (C=O) groups excluding carboxylic acids is 2. The van der Waals surface area contributed by atoms with Crippen LogP contribution in [0.5, 0.6) is 0 Å². The van der Waals surface area contributed by atoms with Gasteiger partial charge in [-0.1, -0.05) is 64.4 Å². The molecule has 0 bridgehead atoms. The van der Waals surface area contributed by atoms with Crippen molar-refractivity contribution in [2.45, 2.75) is 59.4 Å². The Hall–Kier alpha value is -2.04. The van der Waals surface area contributed by atoms with Gasteiger partial charge >= 0.3 is 6.03 Å². The molecule has 1 aliphatic heterocycles. The van der Waals surface area contributed by atoms with Crippen molar-refractivity contribution in [2.75, 3.05) is 19.6 Å². The van der Waals surface area contributed by atoms with Crippen molar-refractivity contribution in [1.82, 2.24) is 15.5 Å². The standard InChI is InChI=1S/C22H35N3O2/c1-5-6-14-23-20(26)18-12-15-25(16-13-18)21(27)24-19(22(2,3)4)17-10-8-7-9-11-17/h7-11,18-19H,5-6,12-16H2,1-4H3,(H,23,26)(H,24,27)/t19-/m1/s1. The van der Waals surface area contributed by atoms with Gasteiger partial charge in [0.25, 0.3) is 0 Å². The zero-order valence-corrected chi connectivity index (χ0v) is 17.3. The lowest BCUT2D eigenvalue weighted by molar-refractivity contribution is -0.126. The average Bonchev–Trinajstić information content (AvgIpc) is 2.66. The van der Waals surface area contributed by atoms with Crippen molar-refractivity contribution in [3.05, 3.63) is 35.9 Å². The number of nitrogens with one attached hydrogen (secondary N) is 2. The fraction of sp³-hybridized carbons (Fsp3) is 0.636. The first-order valence-electron chi connectivity index (χ1n) is 10.2. The number of unbranched alkanes of at least 4 members (excludes halogenated alkanes) is 1. The number of carbonyl (C=O) groups is 2. The molecule has 1 aromatic rings. The molecule has 2 rings (SSSR count). The lowest BCUT2D eigenvalue weighted by atomic mass is 9.82. The molecular formula is C22H35N3O2. The lowest BCUT2D eigenvalue weighted by Crippen LogP contribution is -2.49. The number of hydrogen-bond donors (Lipinski definition) is 2. The van der Waals surface area contributed by atoms with Crippen molar-refractivity contribution in [3.8, 4) is 0 Å². The van der Waals surface area contributed by atoms with Gasteiger partial charge in [0, 0.05) is 25.6 Å². The maximum Gasteiger partial charge on any atom is 0.317 e. The molecule has 1 atom stereocenters. The van der Waals surface area contributed by atoms with E-state index in [9.17, 15) is 9.59 Å². The second kappa shape index (κ2) is 9.77. The predicted octanol–water partition coefficient (Wildman–Crippen LogP) is 4.11. The zero-order chi connectivity index (χ0) is 19.9. The molecule has 2 N–H and O–H groups in total. The Morgan fingerprint density at radius 1 is 1.15 bits per heavy atom. The Balaban J connectivity index is 1.90. The normalized spacial score (nSPS) is 16.7. The van der Waals surface area contributed by atoms with Crippen LogP contribution < -0.4 is 10.6 Å². The number of likely N-dealkylation sites (tertiary alicyclic amines) is 1. The first-order valence-corrected chi connectivity index (χ1v) is 10.2. The Morgan fingerprint density at radius 2 is 1.78 bits per heavy atom. The van der Waals surface area contributed by atoms with Crippen molar-refractivity contribution < 1.29 is 9.59 Å². The number of benzene rings is 1. The van der Waals surface area contributed by atoms with E-state index in [0.717, 1.165) is 37.8 Å². The molecule has 0 unspecified atom stereocenters. The van der Waals surface area contributed by atoms with E-state index >= 15 is 0 Å². The zero-order valence-electron chi connectivity index (χ0n) is 17.3. The van der Waals surface area contributed by atoms with Crippen LogP contribution in [0.2, 0.25) is 0 Å². The van der Waals surface area contributed by atoms with Crippen LogP contribution in [0, 0.1) is 11.3 Å². The van der Waals surface area contributed by atoms with Gasteiger partial charge in [0.1, 0.15) is 0 Å². The fourth-order valence-electron chi connectivity index (χ4n) is 3.54. The minimum atomic E-state index is -0.0888. The lowest BCUT2D eigenvalue weighted by Gasteiger charge is -2.36. The molecule has 1 heterocycles. The number of nitrogens with zero attached hydrogens (tertiary/aromatic N) is 1. The van der Waals surface area contributed by atoms with Crippen LogP contribution in [0.3, 0.4) is 0 Å². The van der Waals surface area contributed by atoms with Crippen LogP contribution in [0.15, 0.2) is 30.3 Å². The molecule has 1 aliphatic rings. The quantitative estimate of drug-likeness (QED) is 0.737. The number of urea groups is 1. The Kier molecular flexibility index (Phi) is 7.69. The van der Waals surface area contributed by atoms with Gasteiger partial charge in [-0.05, 0) is 30.2 Å². The maximum absolute atomic E-state index is 12.8. The van der Waals surface area contributed by atoms with E-state index in [1.54, 1.807) is 0 Å². The first-order chi connectivity index (χ1) is 12.8. The minimum Gasteiger partial charge on any atom is -0.356 e. The number of amides is 3. The van der Waals surface area contributed by atoms with Gasteiger partial charge in [-0.25, -0.2) is 4.79 Å². The largest absolute Gasteiger partial charge is 0.356 e. The predicted molar refractivity (Wildman–Crippen MR) is 109 cm³/mol. The molecule has 0 aliphatic carbocycles. The number of rotatable bonds is 6. The topological polar surface area (TPSA) is 61.4 Å². The van der Waals surface area contributed by atoms with E-state index < -0.39 is 0 Å². The van der Waals surface area contributed by atoms with Gasteiger partial charge in [-0.15, -0.1) is 0 Å². The SMILES string of the molecule is CCCCNC(=O)C1CCN(C(=O)N[C@H](c2ccccc2)C(C)(C)C)CC1. The minimum absolute atomic E-state index is 0.0263. The summed E-state index contributed by atoms with van der Waals surface area (Å²) in [7, 11) is 0. The molecule has 1 fully saturated rings. The third-order valence-corrected chi connectivity index (χ3v) is 5.25. The van der Waals surface area contributed by atoms with Crippen LogP contribution in [0.1, 0.15) is 65.0 Å². The molecule has 5 nitrogen and oxygen atoms in total. The van der Waals surface area contributed by atoms with Crippen LogP contribution >= 0.6 is 0 Å². The van der Waals surface area contributed by atoms with E-state index in [-0.39, 0.29) is 29.3 Å². The number of hydrogen-bond acceptors (Lipinski definition) is 2. The summed E-state index contributed by atoms with van der Waals surface area (Å²) >= 11 is 0. The summed E-state index contributed by atoms with van der Waals surface area (Å²) in [6, 6.07) is 10.0. The summed E-state index contributed by atoms with van der Waals surface area (Å²) in [6.45, 7) is 10.5. The third-order valence-electron chi connectivity index (χ3n) is 5.25. The molecule has 0 aromatic heterocycles. The van der Waals surface area contributed by atoms with E-state index in [1.165, 1.54) is 0 Å². The molecule has 1 aromatic carbocycles. The summed E-state index contributed by atoms with van der Waals surface area (Å²) < 4.78 is 0. The third kappa shape index (κ3) is 6.26.